The van der Waals surface area contributed by atoms with E-state index in [4.69, 9.17) is 11.1 Å². The molecule has 0 spiro atoms. The van der Waals surface area contributed by atoms with Gasteiger partial charge in [-0.1, -0.05) is 6.92 Å². The Hall–Kier alpha value is -1.65. The third-order valence-electron chi connectivity index (χ3n) is 3.71. The molecule has 0 aliphatic carbocycles. The Morgan fingerprint density at radius 1 is 1.37 bits per heavy atom. The molecule has 0 aromatic heterocycles. The number of nitrogens with two attached hydrogens (primary N) is 1. The number of benzene rings is 1. The fourth-order valence-corrected chi connectivity index (χ4v) is 2.71. The van der Waals surface area contributed by atoms with Crippen molar-refractivity contribution < 1.29 is 8.78 Å². The van der Waals surface area contributed by atoms with Crippen molar-refractivity contribution in [2.24, 2.45) is 5.73 Å². The molecule has 19 heavy (non-hydrogen) atoms. The summed E-state index contributed by atoms with van der Waals surface area (Å²) >= 11 is 0. The molecule has 5 heteroatoms. The van der Waals surface area contributed by atoms with E-state index >= 15 is 0 Å². The van der Waals surface area contributed by atoms with Gasteiger partial charge in [0.05, 0.1) is 0 Å². The molecular weight excluding hydrogens is 248 g/mol. The molecule has 1 heterocycles. The van der Waals surface area contributed by atoms with Crippen molar-refractivity contribution in [1.82, 2.24) is 0 Å². The molecule has 1 fully saturated rings. The highest BCUT2D eigenvalue weighted by Crippen LogP contribution is 2.31. The van der Waals surface area contributed by atoms with E-state index in [-0.39, 0.29) is 23.1 Å². The number of hydrogen-bond acceptors (Lipinski definition) is 2. The molecule has 1 unspecified atom stereocenters. The molecule has 3 nitrogen and oxygen atoms in total. The number of amidine groups is 1. The molecule has 1 aromatic carbocycles. The van der Waals surface area contributed by atoms with Crippen LogP contribution >= 0.6 is 0 Å². The van der Waals surface area contributed by atoms with Gasteiger partial charge < -0.3 is 10.6 Å². The first-order chi connectivity index (χ1) is 9.04. The Kier molecular flexibility index (Phi) is 4.02. The van der Waals surface area contributed by atoms with E-state index in [0.717, 1.165) is 37.8 Å². The second kappa shape index (κ2) is 5.55. The minimum atomic E-state index is -0.634. The molecule has 1 saturated heterocycles. The van der Waals surface area contributed by atoms with Crippen molar-refractivity contribution in [3.05, 3.63) is 29.3 Å². The van der Waals surface area contributed by atoms with Gasteiger partial charge in [-0.3, -0.25) is 5.41 Å². The second-order valence-corrected chi connectivity index (χ2v) is 4.95. The minimum Gasteiger partial charge on any atom is -0.384 e. The highest BCUT2D eigenvalue weighted by molar-refractivity contribution is 5.95. The molecule has 3 N–H and O–H groups in total. The first kappa shape index (κ1) is 13.8. The van der Waals surface area contributed by atoms with Gasteiger partial charge in [-0.05, 0) is 37.8 Å². The molecule has 104 valence electrons. The monoisotopic (exact) mass is 267 g/mol. The fraction of sp³-hybridized carbons (Fsp3) is 0.500. The molecule has 1 aliphatic heterocycles. The molecule has 0 bridgehead atoms. The van der Waals surface area contributed by atoms with Gasteiger partial charge in [0, 0.05) is 18.2 Å². The zero-order chi connectivity index (χ0) is 14.0. The first-order valence-electron chi connectivity index (χ1n) is 6.64. The summed E-state index contributed by atoms with van der Waals surface area (Å²) in [5.41, 5.74) is 5.38. The topological polar surface area (TPSA) is 53.1 Å². The SMILES string of the molecule is CCC1CCCCN1c1c(F)cc(C(=N)N)cc1F. The quantitative estimate of drug-likeness (QED) is 0.653. The van der Waals surface area contributed by atoms with Crippen molar-refractivity contribution in [2.45, 2.75) is 38.6 Å². The van der Waals surface area contributed by atoms with E-state index < -0.39 is 11.6 Å². The third kappa shape index (κ3) is 2.69. The Bertz CT molecular complexity index is 465. The number of hydrogen-bond donors (Lipinski definition) is 2. The highest BCUT2D eigenvalue weighted by atomic mass is 19.1. The van der Waals surface area contributed by atoms with Crippen molar-refractivity contribution >= 4 is 11.5 Å². The summed E-state index contributed by atoms with van der Waals surface area (Å²) in [4.78, 5) is 1.82. The van der Waals surface area contributed by atoms with Crippen LogP contribution in [0, 0.1) is 17.0 Å². The molecule has 1 atom stereocenters. The van der Waals surface area contributed by atoms with Crippen molar-refractivity contribution in [1.29, 1.82) is 5.41 Å². The van der Waals surface area contributed by atoms with Crippen LogP contribution in [0.4, 0.5) is 14.5 Å². The van der Waals surface area contributed by atoms with Crippen LogP contribution in [0.5, 0.6) is 0 Å². The molecule has 0 radical (unpaired) electrons. The molecular formula is C14H19F2N3. The average molecular weight is 267 g/mol. The summed E-state index contributed by atoms with van der Waals surface area (Å²) in [5, 5.41) is 7.25. The average Bonchev–Trinajstić information content (AvgIpc) is 2.38. The lowest BCUT2D eigenvalue weighted by atomic mass is 9.98. The van der Waals surface area contributed by atoms with Crippen LogP contribution in [-0.2, 0) is 0 Å². The van der Waals surface area contributed by atoms with Crippen LogP contribution in [0.3, 0.4) is 0 Å². The van der Waals surface area contributed by atoms with Gasteiger partial charge >= 0.3 is 0 Å². The largest absolute Gasteiger partial charge is 0.384 e. The smallest absolute Gasteiger partial charge is 0.150 e. The zero-order valence-electron chi connectivity index (χ0n) is 11.0. The number of halogens is 2. The summed E-state index contributed by atoms with van der Waals surface area (Å²) < 4.78 is 28.3. The molecule has 0 saturated carbocycles. The Morgan fingerprint density at radius 2 is 2.00 bits per heavy atom. The third-order valence-corrected chi connectivity index (χ3v) is 3.71. The molecule has 1 aromatic rings. The molecule has 0 amide bonds. The van der Waals surface area contributed by atoms with Crippen LogP contribution in [0.15, 0.2) is 12.1 Å². The highest BCUT2D eigenvalue weighted by Gasteiger charge is 2.26. The Balaban J connectivity index is 2.41. The van der Waals surface area contributed by atoms with Gasteiger partial charge in [-0.2, -0.15) is 0 Å². The number of rotatable bonds is 3. The summed E-state index contributed by atoms with van der Waals surface area (Å²) in [5.74, 6) is -1.59. The Morgan fingerprint density at radius 3 is 2.53 bits per heavy atom. The number of nitrogens with one attached hydrogen (secondary N) is 1. The summed E-state index contributed by atoms with van der Waals surface area (Å²) in [7, 11) is 0. The second-order valence-electron chi connectivity index (χ2n) is 4.95. The number of piperidine rings is 1. The van der Waals surface area contributed by atoms with Gasteiger partial charge in [-0.15, -0.1) is 0 Å². The lowest BCUT2D eigenvalue weighted by Gasteiger charge is -2.37. The number of anilines is 1. The first-order valence-corrected chi connectivity index (χ1v) is 6.64. The van der Waals surface area contributed by atoms with E-state index in [1.807, 2.05) is 11.8 Å². The molecule has 1 aliphatic rings. The van der Waals surface area contributed by atoms with E-state index in [0.29, 0.717) is 6.54 Å². The standard InChI is InChI=1S/C14H19F2N3/c1-2-10-5-3-4-6-19(10)13-11(15)7-9(14(17)18)8-12(13)16/h7-8,10H,2-6H2,1H3,(H3,17,18). The van der Waals surface area contributed by atoms with E-state index in [9.17, 15) is 8.78 Å². The normalized spacial score (nSPS) is 19.5. The summed E-state index contributed by atoms with van der Waals surface area (Å²) in [6.07, 6.45) is 3.88. The van der Waals surface area contributed by atoms with E-state index in [1.165, 1.54) is 0 Å². The van der Waals surface area contributed by atoms with Gasteiger partial charge in [0.15, 0.2) is 0 Å². The van der Waals surface area contributed by atoms with Crippen molar-refractivity contribution in [3.8, 4) is 0 Å². The predicted octanol–water partition coefficient (Wildman–Crippen LogP) is 3.02. The van der Waals surface area contributed by atoms with E-state index in [2.05, 4.69) is 0 Å². The molecule has 2 rings (SSSR count). The van der Waals surface area contributed by atoms with Crippen LogP contribution in [-0.4, -0.2) is 18.4 Å². The Labute approximate surface area is 111 Å². The van der Waals surface area contributed by atoms with E-state index in [1.54, 1.807) is 0 Å². The number of nitrogen functional groups attached to an aromatic ring is 1. The van der Waals surface area contributed by atoms with Crippen LogP contribution in [0.2, 0.25) is 0 Å². The van der Waals surface area contributed by atoms with Gasteiger partial charge in [-0.25, -0.2) is 8.78 Å². The summed E-state index contributed by atoms with van der Waals surface area (Å²) in [6, 6.07) is 2.46. The van der Waals surface area contributed by atoms with Crippen LogP contribution in [0.1, 0.15) is 38.2 Å². The lowest BCUT2D eigenvalue weighted by Crippen LogP contribution is -2.40. The maximum atomic E-state index is 14.1. The lowest BCUT2D eigenvalue weighted by molar-refractivity contribution is 0.434. The van der Waals surface area contributed by atoms with Crippen LogP contribution in [0.25, 0.3) is 0 Å². The maximum absolute atomic E-state index is 14.1. The van der Waals surface area contributed by atoms with Crippen molar-refractivity contribution in [2.75, 3.05) is 11.4 Å². The van der Waals surface area contributed by atoms with Crippen LogP contribution < -0.4 is 10.6 Å². The predicted molar refractivity (Wildman–Crippen MR) is 72.7 cm³/mol. The maximum Gasteiger partial charge on any atom is 0.150 e. The van der Waals surface area contributed by atoms with Gasteiger partial charge in [0.2, 0.25) is 0 Å². The summed E-state index contributed by atoms with van der Waals surface area (Å²) in [6.45, 7) is 2.70. The zero-order valence-corrected chi connectivity index (χ0v) is 11.0. The number of nitrogens with zero attached hydrogens (tertiary/aromatic N) is 1. The van der Waals surface area contributed by atoms with Crippen molar-refractivity contribution in [3.63, 3.8) is 0 Å². The minimum absolute atomic E-state index is 0.0246. The van der Waals surface area contributed by atoms with Gasteiger partial charge in [0.1, 0.15) is 23.2 Å². The van der Waals surface area contributed by atoms with Gasteiger partial charge in [0.25, 0.3) is 0 Å². The fourth-order valence-electron chi connectivity index (χ4n) is 2.71.